The zero-order chi connectivity index (χ0) is 12.4. The highest BCUT2D eigenvalue weighted by atomic mass is 35.5. The average Bonchev–Trinajstić information content (AvgIpc) is 2.78. The summed E-state index contributed by atoms with van der Waals surface area (Å²) in [5, 5.41) is 14.9. The van der Waals surface area contributed by atoms with E-state index in [1.165, 1.54) is 0 Å². The lowest BCUT2D eigenvalue weighted by atomic mass is 10.1. The van der Waals surface area contributed by atoms with E-state index in [4.69, 9.17) is 11.6 Å². The van der Waals surface area contributed by atoms with Crippen LogP contribution >= 0.6 is 11.6 Å². The molecule has 0 fully saturated rings. The second kappa shape index (κ2) is 4.85. The van der Waals surface area contributed by atoms with E-state index in [1.54, 1.807) is 35.3 Å². The fourth-order valence-corrected chi connectivity index (χ4v) is 1.80. The highest BCUT2D eigenvalue weighted by Crippen LogP contribution is 2.23. The van der Waals surface area contributed by atoms with E-state index in [1.807, 2.05) is 13.8 Å². The molecular formula is C12H14ClN3O. The van der Waals surface area contributed by atoms with E-state index in [9.17, 15) is 5.11 Å². The van der Waals surface area contributed by atoms with Crippen molar-refractivity contribution in [3.05, 3.63) is 47.0 Å². The van der Waals surface area contributed by atoms with Crippen molar-refractivity contribution < 1.29 is 5.11 Å². The molecule has 0 amide bonds. The second-order valence-corrected chi connectivity index (χ2v) is 4.50. The molecule has 0 radical (unpaired) electrons. The molecule has 1 atom stereocenters. The minimum atomic E-state index is -0.732. The Balaban J connectivity index is 2.33. The monoisotopic (exact) mass is 251 g/mol. The van der Waals surface area contributed by atoms with Crippen LogP contribution in [0.2, 0.25) is 5.15 Å². The third-order valence-corrected chi connectivity index (χ3v) is 2.76. The maximum absolute atomic E-state index is 10.3. The van der Waals surface area contributed by atoms with Crippen molar-refractivity contribution in [2.24, 2.45) is 0 Å². The van der Waals surface area contributed by atoms with Crippen molar-refractivity contribution in [1.29, 1.82) is 0 Å². The molecule has 2 rings (SSSR count). The summed E-state index contributed by atoms with van der Waals surface area (Å²) in [6, 6.07) is 5.43. The molecule has 0 saturated carbocycles. The predicted molar refractivity (Wildman–Crippen MR) is 65.9 cm³/mol. The van der Waals surface area contributed by atoms with Gasteiger partial charge in [0.15, 0.2) is 0 Å². The number of nitrogens with zero attached hydrogens (tertiary/aromatic N) is 3. The van der Waals surface area contributed by atoms with Crippen LogP contribution in [-0.4, -0.2) is 19.9 Å². The first kappa shape index (κ1) is 12.1. The van der Waals surface area contributed by atoms with Crippen molar-refractivity contribution in [3.63, 3.8) is 0 Å². The Bertz CT molecular complexity index is 493. The van der Waals surface area contributed by atoms with Gasteiger partial charge >= 0.3 is 0 Å². The topological polar surface area (TPSA) is 50.9 Å². The maximum atomic E-state index is 10.3. The molecule has 0 bridgehead atoms. The summed E-state index contributed by atoms with van der Waals surface area (Å²) in [7, 11) is 0. The Morgan fingerprint density at radius 3 is 2.65 bits per heavy atom. The first-order valence-electron chi connectivity index (χ1n) is 5.42. The van der Waals surface area contributed by atoms with Gasteiger partial charge in [0, 0.05) is 24.0 Å². The van der Waals surface area contributed by atoms with Crippen LogP contribution in [0.5, 0.6) is 0 Å². The molecule has 5 heteroatoms. The molecule has 0 aliphatic heterocycles. The molecule has 0 saturated heterocycles. The van der Waals surface area contributed by atoms with Crippen molar-refractivity contribution in [2.75, 3.05) is 0 Å². The molecule has 2 aromatic rings. The van der Waals surface area contributed by atoms with Crippen LogP contribution in [0.1, 0.15) is 37.3 Å². The van der Waals surface area contributed by atoms with Gasteiger partial charge < -0.3 is 5.11 Å². The first-order valence-corrected chi connectivity index (χ1v) is 5.80. The predicted octanol–water partition coefficient (Wildman–Crippen LogP) is 2.59. The molecular weight excluding hydrogens is 238 g/mol. The van der Waals surface area contributed by atoms with E-state index in [0.29, 0.717) is 10.7 Å². The largest absolute Gasteiger partial charge is 0.382 e. The highest BCUT2D eigenvalue weighted by molar-refractivity contribution is 6.29. The van der Waals surface area contributed by atoms with E-state index in [0.717, 1.165) is 5.69 Å². The summed E-state index contributed by atoms with van der Waals surface area (Å²) >= 11 is 5.71. The minimum Gasteiger partial charge on any atom is -0.382 e. The zero-order valence-corrected chi connectivity index (χ0v) is 10.5. The van der Waals surface area contributed by atoms with E-state index < -0.39 is 6.10 Å². The summed E-state index contributed by atoms with van der Waals surface area (Å²) in [5.41, 5.74) is 1.46. The second-order valence-electron chi connectivity index (χ2n) is 4.11. The normalized spacial score (nSPS) is 13.0. The van der Waals surface area contributed by atoms with Gasteiger partial charge in [-0.05, 0) is 26.0 Å². The van der Waals surface area contributed by atoms with Gasteiger partial charge in [-0.25, -0.2) is 4.98 Å². The molecule has 17 heavy (non-hydrogen) atoms. The van der Waals surface area contributed by atoms with E-state index >= 15 is 0 Å². The fraction of sp³-hybridized carbons (Fsp3) is 0.333. The first-order chi connectivity index (χ1) is 8.09. The van der Waals surface area contributed by atoms with Gasteiger partial charge in [0.25, 0.3) is 0 Å². The Hall–Kier alpha value is -1.39. The third kappa shape index (κ3) is 2.48. The molecule has 90 valence electrons. The number of halogens is 1. The Kier molecular flexibility index (Phi) is 3.45. The highest BCUT2D eigenvalue weighted by Gasteiger charge is 2.16. The smallest absolute Gasteiger partial charge is 0.129 e. The van der Waals surface area contributed by atoms with Gasteiger partial charge in [0.05, 0.1) is 5.69 Å². The molecule has 0 aliphatic carbocycles. The summed E-state index contributed by atoms with van der Waals surface area (Å²) in [5.74, 6) is 0. The van der Waals surface area contributed by atoms with Crippen molar-refractivity contribution in [2.45, 2.75) is 26.0 Å². The lowest BCUT2D eigenvalue weighted by Crippen LogP contribution is -2.12. The van der Waals surface area contributed by atoms with Gasteiger partial charge in [0.1, 0.15) is 11.3 Å². The molecule has 1 N–H and O–H groups in total. The molecule has 0 aliphatic rings. The van der Waals surface area contributed by atoms with Crippen molar-refractivity contribution >= 4 is 11.6 Å². The van der Waals surface area contributed by atoms with Crippen LogP contribution < -0.4 is 0 Å². The van der Waals surface area contributed by atoms with E-state index in [-0.39, 0.29) is 6.04 Å². The van der Waals surface area contributed by atoms with Crippen LogP contribution in [0.3, 0.4) is 0 Å². The Morgan fingerprint density at radius 2 is 2.06 bits per heavy atom. The molecule has 1 unspecified atom stereocenters. The Morgan fingerprint density at radius 1 is 1.29 bits per heavy atom. The number of aliphatic hydroxyl groups is 1. The molecule has 0 aromatic carbocycles. The third-order valence-electron chi connectivity index (χ3n) is 2.54. The standard InChI is InChI=1S/C12H14ClN3O/c1-8(2)16-10(5-6-15-16)12(17)9-3-4-11(13)14-7-9/h3-8,12,17H,1-2H3. The molecule has 2 aromatic heterocycles. The van der Waals surface area contributed by atoms with Gasteiger partial charge in [-0.15, -0.1) is 0 Å². The summed E-state index contributed by atoms with van der Waals surface area (Å²) in [4.78, 5) is 3.96. The van der Waals surface area contributed by atoms with Crippen molar-refractivity contribution in [1.82, 2.24) is 14.8 Å². The average molecular weight is 252 g/mol. The van der Waals surface area contributed by atoms with Crippen LogP contribution in [-0.2, 0) is 0 Å². The van der Waals surface area contributed by atoms with E-state index in [2.05, 4.69) is 10.1 Å². The minimum absolute atomic E-state index is 0.204. The van der Waals surface area contributed by atoms with Crippen LogP contribution in [0.4, 0.5) is 0 Å². The summed E-state index contributed by atoms with van der Waals surface area (Å²) in [6.45, 7) is 4.03. The number of pyridine rings is 1. The summed E-state index contributed by atoms with van der Waals surface area (Å²) in [6.07, 6.45) is 2.52. The maximum Gasteiger partial charge on any atom is 0.129 e. The molecule has 4 nitrogen and oxygen atoms in total. The Labute approximate surface area is 105 Å². The number of hydrogen-bond donors (Lipinski definition) is 1. The van der Waals surface area contributed by atoms with Crippen LogP contribution in [0.25, 0.3) is 0 Å². The van der Waals surface area contributed by atoms with Gasteiger partial charge in [-0.1, -0.05) is 17.7 Å². The van der Waals surface area contributed by atoms with Gasteiger partial charge in [-0.3, -0.25) is 4.68 Å². The molecule has 0 spiro atoms. The lowest BCUT2D eigenvalue weighted by Gasteiger charge is -2.15. The molecule has 2 heterocycles. The van der Waals surface area contributed by atoms with Crippen LogP contribution in [0.15, 0.2) is 30.6 Å². The summed E-state index contributed by atoms with van der Waals surface area (Å²) < 4.78 is 1.79. The number of hydrogen-bond acceptors (Lipinski definition) is 3. The lowest BCUT2D eigenvalue weighted by molar-refractivity contribution is 0.204. The van der Waals surface area contributed by atoms with Gasteiger partial charge in [0.2, 0.25) is 0 Å². The number of rotatable bonds is 3. The number of aromatic nitrogens is 3. The zero-order valence-electron chi connectivity index (χ0n) is 9.71. The van der Waals surface area contributed by atoms with Crippen molar-refractivity contribution in [3.8, 4) is 0 Å². The van der Waals surface area contributed by atoms with Gasteiger partial charge in [-0.2, -0.15) is 5.10 Å². The fourth-order valence-electron chi connectivity index (χ4n) is 1.69. The number of aliphatic hydroxyl groups excluding tert-OH is 1. The van der Waals surface area contributed by atoms with Crippen LogP contribution in [0, 0.1) is 0 Å². The quantitative estimate of drug-likeness (QED) is 0.853. The SMILES string of the molecule is CC(C)n1nccc1C(O)c1ccc(Cl)nc1.